The molecular formula is C113H92O2S2. The molecule has 568 valence electrons. The number of hydrogen-bond acceptors (Lipinski definition) is 4. The molecule has 1 aliphatic rings. The van der Waals surface area contributed by atoms with E-state index in [1.165, 1.54) is 193 Å². The average Bonchev–Trinajstić information content (AvgIpc) is 1.58. The van der Waals surface area contributed by atoms with Crippen molar-refractivity contribution in [2.75, 3.05) is 0 Å². The van der Waals surface area contributed by atoms with E-state index in [9.17, 15) is 0 Å². The fourth-order valence-corrected chi connectivity index (χ4v) is 19.1. The minimum atomic E-state index is 0.152. The Labute approximate surface area is 692 Å². The van der Waals surface area contributed by atoms with Crippen LogP contribution in [0.2, 0.25) is 0 Å². The third-order valence-corrected chi connectivity index (χ3v) is 25.1. The molecule has 0 aliphatic heterocycles. The summed E-state index contributed by atoms with van der Waals surface area (Å²) >= 11 is 3.75. The van der Waals surface area contributed by atoms with Gasteiger partial charge in [-0.05, 0) is 232 Å². The third kappa shape index (κ3) is 16.0. The molecule has 117 heavy (non-hydrogen) atoms. The number of para-hydroxylation sites is 2. The van der Waals surface area contributed by atoms with Crippen LogP contribution in [0.4, 0.5) is 0 Å². The first-order chi connectivity index (χ1) is 57.0. The fourth-order valence-electron chi connectivity index (χ4n) is 16.8. The average molecular weight is 1550 g/mol. The lowest BCUT2D eigenvalue weighted by Gasteiger charge is -2.21. The van der Waals surface area contributed by atoms with Gasteiger partial charge in [-0.2, -0.15) is 0 Å². The number of aryl methyl sites for hydroxylation is 8. The van der Waals surface area contributed by atoms with E-state index < -0.39 is 0 Å². The summed E-state index contributed by atoms with van der Waals surface area (Å²) in [6.45, 7) is 21.8. The van der Waals surface area contributed by atoms with Crippen molar-refractivity contribution in [2.24, 2.45) is 0 Å². The fraction of sp³-hybridized carbons (Fsp3) is 0.0973. The summed E-state index contributed by atoms with van der Waals surface area (Å²) in [5, 5.41) is 26.4. The van der Waals surface area contributed by atoms with E-state index in [-0.39, 0.29) is 5.41 Å². The summed E-state index contributed by atoms with van der Waals surface area (Å²) in [6.07, 6.45) is 0. The van der Waals surface area contributed by atoms with Crippen molar-refractivity contribution in [1.82, 2.24) is 0 Å². The molecule has 4 heteroatoms. The molecule has 0 N–H and O–H groups in total. The van der Waals surface area contributed by atoms with E-state index in [0.29, 0.717) is 0 Å². The van der Waals surface area contributed by atoms with Gasteiger partial charge in [0, 0.05) is 67.3 Å². The molecule has 0 saturated carbocycles. The summed E-state index contributed by atoms with van der Waals surface area (Å²) in [5.41, 5.74) is 20.3. The zero-order valence-corrected chi connectivity index (χ0v) is 69.6. The predicted molar refractivity (Wildman–Crippen MR) is 512 cm³/mol. The molecule has 4 heterocycles. The van der Waals surface area contributed by atoms with Crippen LogP contribution in [-0.2, 0) is 5.41 Å². The Morgan fingerprint density at radius 3 is 1.33 bits per heavy atom. The van der Waals surface area contributed by atoms with Crippen LogP contribution in [-0.4, -0.2) is 0 Å². The zero-order chi connectivity index (χ0) is 80.3. The largest absolute Gasteiger partial charge is 0.456 e. The van der Waals surface area contributed by atoms with Crippen molar-refractivity contribution in [1.29, 1.82) is 0 Å². The van der Waals surface area contributed by atoms with E-state index in [1.807, 2.05) is 77.3 Å². The second-order valence-corrected chi connectivity index (χ2v) is 33.7. The van der Waals surface area contributed by atoms with Gasteiger partial charge in [0.2, 0.25) is 0 Å². The summed E-state index contributed by atoms with van der Waals surface area (Å²) < 4.78 is 17.0. The normalized spacial score (nSPS) is 11.7. The van der Waals surface area contributed by atoms with Gasteiger partial charge in [0.1, 0.15) is 22.3 Å². The van der Waals surface area contributed by atoms with Crippen LogP contribution in [0.5, 0.6) is 0 Å². The van der Waals surface area contributed by atoms with E-state index in [2.05, 4.69) is 391 Å². The standard InChI is InChI=1S/C16H16.3C15H12.2C13H10O.2C13H10S/c1-11-8-9-15-13(10-11)12-6-4-5-7-14(12)16(15,2)3;1-11-5-4-8-14-9-12-6-2-3-7-13(12)10-15(11)14;1-11-6-9-15-13(10-11)8-7-12-4-2-3-5-14(12)15;1-11-6-7-13-9-8-12-4-2-3-5-14(12)15(13)10-11;1-9-5-4-8-12-13(9)10-6-2-3-7-11(10)14-12;1-9-6-7-13-11(8-9)10-4-2-3-5-12(10)14-13;1-9-5-4-8-12-13(9)10-6-2-3-7-11(10)14-12;1-9-6-7-13-11(8-9)10-4-2-3-5-12(10)14-13/h4-10H,1-3H3;3*2-10H,1H3;4*2-8H,1H3. The van der Waals surface area contributed by atoms with E-state index in [1.54, 1.807) is 0 Å². The topological polar surface area (TPSA) is 26.3 Å². The van der Waals surface area contributed by atoms with Crippen molar-refractivity contribution in [3.8, 4) is 11.1 Å². The number of hydrogen-bond donors (Lipinski definition) is 0. The molecule has 19 aromatic carbocycles. The summed E-state index contributed by atoms with van der Waals surface area (Å²) in [4.78, 5) is 0. The van der Waals surface area contributed by atoms with Crippen molar-refractivity contribution < 1.29 is 8.83 Å². The Kier molecular flexibility index (Phi) is 21.8. The highest BCUT2D eigenvalue weighted by Crippen LogP contribution is 2.49. The van der Waals surface area contributed by atoms with Crippen molar-refractivity contribution in [3.63, 3.8) is 0 Å². The van der Waals surface area contributed by atoms with Crippen molar-refractivity contribution in [3.05, 3.63) is 432 Å². The van der Waals surface area contributed by atoms with Crippen LogP contribution in [0.25, 0.3) is 160 Å². The first kappa shape index (κ1) is 76.4. The molecule has 0 amide bonds. The van der Waals surface area contributed by atoms with Gasteiger partial charge >= 0.3 is 0 Å². The smallest absolute Gasteiger partial charge is 0.135 e. The van der Waals surface area contributed by atoms with E-state index in [0.717, 1.165) is 22.3 Å². The molecule has 23 aromatic rings. The lowest BCUT2D eigenvalue weighted by molar-refractivity contribution is 0.660. The van der Waals surface area contributed by atoms with Gasteiger partial charge in [-0.25, -0.2) is 0 Å². The molecule has 1 aliphatic carbocycles. The zero-order valence-electron chi connectivity index (χ0n) is 67.9. The maximum absolute atomic E-state index is 5.73. The summed E-state index contributed by atoms with van der Waals surface area (Å²) in [7, 11) is 0. The maximum atomic E-state index is 5.73. The van der Waals surface area contributed by atoms with Crippen LogP contribution in [0, 0.1) is 55.4 Å². The number of thiophene rings is 2. The van der Waals surface area contributed by atoms with Crippen LogP contribution in [0.15, 0.2) is 385 Å². The minimum Gasteiger partial charge on any atom is -0.456 e. The predicted octanol–water partition coefficient (Wildman–Crippen LogP) is 33.7. The highest BCUT2D eigenvalue weighted by molar-refractivity contribution is 7.26. The van der Waals surface area contributed by atoms with Crippen molar-refractivity contribution >= 4 is 172 Å². The highest BCUT2D eigenvalue weighted by atomic mass is 32.1. The summed E-state index contributed by atoms with van der Waals surface area (Å²) in [6, 6.07) is 133. The SMILES string of the molecule is Cc1ccc2c(c1)-c1ccccc1C2(C)C.Cc1ccc2c(ccc3ccccc32)c1.Cc1ccc2ccc3ccccc3c2c1.Cc1ccc2oc3ccccc3c2c1.Cc1ccc2sc3ccccc3c2c1.Cc1cccc2cc3ccccc3cc12.Cc1cccc2oc3ccccc3c12.Cc1cccc2sc3ccccc3c12. The Balaban J connectivity index is 0.0000000960. The lowest BCUT2D eigenvalue weighted by Crippen LogP contribution is -2.14. The number of fused-ring (bicyclic) bond motifs is 23. The highest BCUT2D eigenvalue weighted by Gasteiger charge is 2.34. The monoisotopic (exact) mass is 1540 g/mol. The van der Waals surface area contributed by atoms with Gasteiger partial charge in [0.25, 0.3) is 0 Å². The number of furan rings is 2. The molecule has 0 spiro atoms. The second-order valence-electron chi connectivity index (χ2n) is 31.5. The maximum Gasteiger partial charge on any atom is 0.135 e. The summed E-state index contributed by atoms with van der Waals surface area (Å²) in [5.74, 6) is 0. The van der Waals surface area contributed by atoms with Crippen molar-refractivity contribution in [2.45, 2.75) is 74.7 Å². The molecule has 0 fully saturated rings. The van der Waals surface area contributed by atoms with Crippen LogP contribution >= 0.6 is 22.7 Å². The molecular weight excluding hydrogens is 1450 g/mol. The van der Waals surface area contributed by atoms with Gasteiger partial charge in [0.15, 0.2) is 0 Å². The molecule has 4 aromatic heterocycles. The molecule has 0 unspecified atom stereocenters. The Morgan fingerprint density at radius 1 is 0.197 bits per heavy atom. The first-order valence-corrected chi connectivity index (χ1v) is 42.0. The Bertz CT molecular complexity index is 7370. The Hall–Kier alpha value is -13.2. The van der Waals surface area contributed by atoms with Gasteiger partial charge in [-0.3, -0.25) is 0 Å². The van der Waals surface area contributed by atoms with Crippen LogP contribution in [0.3, 0.4) is 0 Å². The number of benzene rings is 19. The van der Waals surface area contributed by atoms with E-state index >= 15 is 0 Å². The molecule has 0 atom stereocenters. The van der Waals surface area contributed by atoms with E-state index in [4.69, 9.17) is 8.83 Å². The second kappa shape index (κ2) is 33.3. The lowest BCUT2D eigenvalue weighted by atomic mass is 9.82. The Morgan fingerprint density at radius 2 is 0.598 bits per heavy atom. The molecule has 24 rings (SSSR count). The molecule has 0 saturated heterocycles. The van der Waals surface area contributed by atoms with Crippen LogP contribution in [0.1, 0.15) is 69.5 Å². The third-order valence-electron chi connectivity index (χ3n) is 22.8. The quantitative estimate of drug-likeness (QED) is 0.112. The minimum absolute atomic E-state index is 0.152. The van der Waals surface area contributed by atoms with Gasteiger partial charge in [-0.15, -0.1) is 22.7 Å². The van der Waals surface area contributed by atoms with Gasteiger partial charge in [-0.1, -0.05) is 345 Å². The first-order valence-electron chi connectivity index (χ1n) is 40.4. The van der Waals surface area contributed by atoms with Gasteiger partial charge in [0.05, 0.1) is 0 Å². The van der Waals surface area contributed by atoms with Crippen LogP contribution < -0.4 is 0 Å². The molecule has 2 nitrogen and oxygen atoms in total. The molecule has 0 radical (unpaired) electrons. The number of rotatable bonds is 0. The molecule has 0 bridgehead atoms. The van der Waals surface area contributed by atoms with Gasteiger partial charge < -0.3 is 8.83 Å².